The molecule has 0 aliphatic heterocycles. The van der Waals surface area contributed by atoms with Crippen molar-refractivity contribution in [3.8, 4) is 0 Å². The average Bonchev–Trinajstić information content (AvgIpc) is 3.25. The molecule has 0 radical (unpaired) electrons. The second-order valence-electron chi connectivity index (χ2n) is 7.83. The van der Waals surface area contributed by atoms with Crippen LogP contribution in [0.3, 0.4) is 0 Å². The fourth-order valence-electron chi connectivity index (χ4n) is 4.09. The van der Waals surface area contributed by atoms with Crippen molar-refractivity contribution < 1.29 is 8.94 Å². The lowest BCUT2D eigenvalue weighted by Gasteiger charge is -2.17. The zero-order valence-electron chi connectivity index (χ0n) is 13.5. The Hall–Kier alpha value is -1.62. The molecule has 5 rings (SSSR count). The van der Waals surface area contributed by atoms with Crippen LogP contribution < -0.4 is 5.73 Å². The van der Waals surface area contributed by atoms with E-state index in [9.17, 15) is 0 Å². The minimum absolute atomic E-state index is 0.303. The van der Waals surface area contributed by atoms with Crippen LogP contribution in [0, 0.1) is 5.92 Å². The predicted octanol–water partition coefficient (Wildman–Crippen LogP) is 3.79. The second-order valence-corrected chi connectivity index (χ2v) is 7.83. The van der Waals surface area contributed by atoms with Crippen molar-refractivity contribution in [1.82, 2.24) is 10.1 Å². The highest BCUT2D eigenvalue weighted by molar-refractivity contribution is 5.27. The highest BCUT2D eigenvalue weighted by Crippen LogP contribution is 2.56. The van der Waals surface area contributed by atoms with Gasteiger partial charge in [-0.1, -0.05) is 24.9 Å². The first-order valence-corrected chi connectivity index (χ1v) is 8.87. The molecule has 5 nitrogen and oxygen atoms in total. The van der Waals surface area contributed by atoms with E-state index in [1.807, 2.05) is 0 Å². The first-order chi connectivity index (χ1) is 11.1. The molecule has 0 bridgehead atoms. The van der Waals surface area contributed by atoms with E-state index in [1.165, 1.54) is 6.42 Å². The van der Waals surface area contributed by atoms with E-state index in [0.29, 0.717) is 23.6 Å². The molecule has 2 aromatic rings. The van der Waals surface area contributed by atoms with Gasteiger partial charge in [0.25, 0.3) is 0 Å². The van der Waals surface area contributed by atoms with Crippen molar-refractivity contribution in [3.05, 3.63) is 35.4 Å². The van der Waals surface area contributed by atoms with Gasteiger partial charge in [-0.2, -0.15) is 4.98 Å². The number of aromatic nitrogens is 2. The number of nitrogens with zero attached hydrogens (tertiary/aromatic N) is 2. The first-order valence-electron chi connectivity index (χ1n) is 8.87. The Morgan fingerprint density at radius 1 is 1.09 bits per heavy atom. The van der Waals surface area contributed by atoms with Gasteiger partial charge in [-0.25, -0.2) is 0 Å². The summed E-state index contributed by atoms with van der Waals surface area (Å²) in [5, 5.41) is 4.17. The predicted molar refractivity (Wildman–Crippen MR) is 84.0 cm³/mol. The fraction of sp³-hybridized carbons (Fsp3) is 0.667. The molecule has 2 aromatic heterocycles. The van der Waals surface area contributed by atoms with Crippen LogP contribution in [0.15, 0.2) is 21.1 Å². The number of hydrogen-bond donors (Lipinski definition) is 1. The Morgan fingerprint density at radius 3 is 2.48 bits per heavy atom. The molecule has 3 fully saturated rings. The minimum Gasteiger partial charge on any atom is -0.465 e. The summed E-state index contributed by atoms with van der Waals surface area (Å²) in [6.07, 6.45) is 6.52. The lowest BCUT2D eigenvalue weighted by molar-refractivity contribution is 0.347. The molecule has 3 saturated carbocycles. The molecule has 3 aliphatic carbocycles. The summed E-state index contributed by atoms with van der Waals surface area (Å²) in [5.74, 6) is 5.76. The van der Waals surface area contributed by atoms with Gasteiger partial charge in [0.2, 0.25) is 5.89 Å². The zero-order valence-corrected chi connectivity index (χ0v) is 13.5. The molecule has 2 heterocycles. The van der Waals surface area contributed by atoms with E-state index in [0.717, 1.165) is 55.4 Å². The third kappa shape index (κ3) is 2.24. The zero-order chi connectivity index (χ0) is 15.6. The van der Waals surface area contributed by atoms with Crippen molar-refractivity contribution in [2.75, 3.05) is 0 Å². The van der Waals surface area contributed by atoms with Crippen LogP contribution in [0.2, 0.25) is 0 Å². The van der Waals surface area contributed by atoms with Crippen molar-refractivity contribution >= 4 is 0 Å². The normalized spacial score (nSPS) is 34.7. The molecule has 0 spiro atoms. The molecular weight excluding hydrogens is 290 g/mol. The van der Waals surface area contributed by atoms with Crippen LogP contribution >= 0.6 is 0 Å². The third-order valence-corrected chi connectivity index (χ3v) is 5.98. The van der Waals surface area contributed by atoms with Gasteiger partial charge < -0.3 is 14.7 Å². The van der Waals surface area contributed by atoms with Crippen molar-refractivity contribution in [2.45, 2.75) is 68.7 Å². The van der Waals surface area contributed by atoms with E-state index in [2.05, 4.69) is 29.2 Å². The summed E-state index contributed by atoms with van der Waals surface area (Å²) in [7, 11) is 0. The van der Waals surface area contributed by atoms with Gasteiger partial charge in [0.05, 0.1) is 5.54 Å². The van der Waals surface area contributed by atoms with Crippen molar-refractivity contribution in [1.29, 1.82) is 0 Å². The van der Waals surface area contributed by atoms with Gasteiger partial charge in [0, 0.05) is 17.8 Å². The fourth-order valence-corrected chi connectivity index (χ4v) is 4.09. The quantitative estimate of drug-likeness (QED) is 0.929. The Morgan fingerprint density at radius 2 is 1.78 bits per heavy atom. The van der Waals surface area contributed by atoms with Gasteiger partial charge in [-0.15, -0.1) is 0 Å². The Bertz CT molecular complexity index is 728. The third-order valence-electron chi connectivity index (χ3n) is 5.98. The lowest BCUT2D eigenvalue weighted by atomic mass is 9.99. The van der Waals surface area contributed by atoms with E-state index in [4.69, 9.17) is 14.7 Å². The van der Waals surface area contributed by atoms with Crippen LogP contribution in [0.5, 0.6) is 0 Å². The van der Waals surface area contributed by atoms with E-state index in [1.54, 1.807) is 0 Å². The first kappa shape index (κ1) is 13.8. The molecule has 0 amide bonds. The van der Waals surface area contributed by atoms with E-state index in [-0.39, 0.29) is 5.54 Å². The van der Waals surface area contributed by atoms with E-state index < -0.39 is 0 Å². The second kappa shape index (κ2) is 4.69. The molecular formula is C18H23N3O2. The Kier molecular flexibility index (Phi) is 2.81. The van der Waals surface area contributed by atoms with E-state index >= 15 is 0 Å². The number of rotatable bonds is 4. The van der Waals surface area contributed by atoms with Crippen LogP contribution in [-0.4, -0.2) is 10.1 Å². The maximum absolute atomic E-state index is 6.41. The molecule has 23 heavy (non-hydrogen) atoms. The van der Waals surface area contributed by atoms with Gasteiger partial charge in [-0.05, 0) is 43.7 Å². The average molecular weight is 313 g/mol. The highest BCUT2D eigenvalue weighted by atomic mass is 16.5. The van der Waals surface area contributed by atoms with Gasteiger partial charge in [0.1, 0.15) is 11.5 Å². The summed E-state index contributed by atoms with van der Waals surface area (Å²) >= 11 is 0. The Labute approximate surface area is 135 Å². The topological polar surface area (TPSA) is 78.1 Å². The SMILES string of the molecule is CC1CC1c1ccc(C2CC2c2nc(C3(N)CCCC3)no2)o1. The summed E-state index contributed by atoms with van der Waals surface area (Å²) in [6, 6.07) is 4.27. The monoisotopic (exact) mass is 313 g/mol. The molecule has 0 saturated heterocycles. The summed E-state index contributed by atoms with van der Waals surface area (Å²) in [5.41, 5.74) is 6.04. The standard InChI is InChI=1S/C18H23N3O2/c1-10-8-11(10)14-4-5-15(22-14)12-9-13(12)16-20-17(21-23-16)18(19)6-2-3-7-18/h4-5,10-13H,2-3,6-9,19H2,1H3. The smallest absolute Gasteiger partial charge is 0.230 e. The Balaban J connectivity index is 1.31. The maximum atomic E-state index is 6.41. The summed E-state index contributed by atoms with van der Waals surface area (Å²) < 4.78 is 11.6. The molecule has 4 atom stereocenters. The van der Waals surface area contributed by atoms with Crippen molar-refractivity contribution in [3.63, 3.8) is 0 Å². The summed E-state index contributed by atoms with van der Waals surface area (Å²) in [6.45, 7) is 2.28. The van der Waals surface area contributed by atoms with Gasteiger partial charge in [0.15, 0.2) is 5.82 Å². The van der Waals surface area contributed by atoms with Crippen LogP contribution in [0.25, 0.3) is 0 Å². The number of nitrogens with two attached hydrogens (primary N) is 1. The van der Waals surface area contributed by atoms with Gasteiger partial charge >= 0.3 is 0 Å². The molecule has 4 unspecified atom stereocenters. The van der Waals surface area contributed by atoms with Crippen molar-refractivity contribution in [2.24, 2.45) is 11.7 Å². The maximum Gasteiger partial charge on any atom is 0.230 e. The largest absolute Gasteiger partial charge is 0.465 e. The lowest BCUT2D eigenvalue weighted by Crippen LogP contribution is -2.34. The van der Waals surface area contributed by atoms with Gasteiger partial charge in [-0.3, -0.25) is 0 Å². The van der Waals surface area contributed by atoms with Crippen LogP contribution in [0.1, 0.15) is 86.4 Å². The molecule has 122 valence electrons. The molecule has 0 aromatic carbocycles. The summed E-state index contributed by atoms with van der Waals surface area (Å²) in [4.78, 5) is 4.62. The molecule has 3 aliphatic rings. The molecule has 5 heteroatoms. The highest BCUT2D eigenvalue weighted by Gasteiger charge is 2.47. The van der Waals surface area contributed by atoms with Crippen LogP contribution in [-0.2, 0) is 5.54 Å². The number of furan rings is 1. The number of hydrogen-bond acceptors (Lipinski definition) is 5. The molecule has 2 N–H and O–H groups in total. The van der Waals surface area contributed by atoms with Crippen LogP contribution in [0.4, 0.5) is 0 Å². The minimum atomic E-state index is -0.369.